The third kappa shape index (κ3) is 3.48. The summed E-state index contributed by atoms with van der Waals surface area (Å²) >= 11 is 6.36. The first-order chi connectivity index (χ1) is 11.1. The Kier molecular flexibility index (Phi) is 4.54. The van der Waals surface area contributed by atoms with Gasteiger partial charge in [0.05, 0.1) is 17.8 Å². The van der Waals surface area contributed by atoms with Gasteiger partial charge in [-0.05, 0) is 24.6 Å². The first-order valence-corrected chi connectivity index (χ1v) is 7.85. The maximum absolute atomic E-state index is 11.5. The summed E-state index contributed by atoms with van der Waals surface area (Å²) in [5.41, 5.74) is 7.21. The van der Waals surface area contributed by atoms with Crippen molar-refractivity contribution in [1.82, 2.24) is 14.9 Å². The van der Waals surface area contributed by atoms with Gasteiger partial charge in [-0.2, -0.15) is 0 Å². The van der Waals surface area contributed by atoms with Gasteiger partial charge < -0.3 is 10.5 Å². The van der Waals surface area contributed by atoms with Gasteiger partial charge in [-0.3, -0.25) is 14.7 Å². The molecule has 0 saturated carbocycles. The number of ether oxygens (including phenoxy) is 1. The molecule has 1 aliphatic rings. The lowest BCUT2D eigenvalue weighted by atomic mass is 10.1. The lowest BCUT2D eigenvalue weighted by molar-refractivity contribution is 0.325. The lowest BCUT2D eigenvalue weighted by Gasteiger charge is -2.17. The Labute approximate surface area is 139 Å². The number of hydrogen-bond acceptors (Lipinski definition) is 5. The fourth-order valence-corrected chi connectivity index (χ4v) is 3.26. The molecule has 1 aromatic heterocycles. The number of aromatic nitrogens is 2. The number of likely N-dealkylation sites (tertiary alicyclic amines) is 1. The highest BCUT2D eigenvalue weighted by atomic mass is 35.5. The molecule has 1 atom stereocenters. The molecular formula is C16H19ClN4O2. The number of aromatic amines is 1. The van der Waals surface area contributed by atoms with Gasteiger partial charge in [0.2, 0.25) is 5.95 Å². The molecule has 1 aliphatic heterocycles. The quantitative estimate of drug-likeness (QED) is 0.893. The summed E-state index contributed by atoms with van der Waals surface area (Å²) < 4.78 is 5.25. The van der Waals surface area contributed by atoms with Crippen LogP contribution in [0, 0.1) is 0 Å². The van der Waals surface area contributed by atoms with E-state index in [0.29, 0.717) is 10.8 Å². The number of nitrogens with one attached hydrogen (secondary N) is 1. The SMILES string of the molecule is COc1cccc(CN2CCC(c3cc(=O)[nH]c(N)n3)C2)c1Cl. The van der Waals surface area contributed by atoms with Crippen LogP contribution in [0.25, 0.3) is 0 Å². The Morgan fingerprint density at radius 1 is 1.52 bits per heavy atom. The molecule has 1 fully saturated rings. The van der Waals surface area contributed by atoms with Gasteiger partial charge >= 0.3 is 0 Å². The number of H-pyrrole nitrogens is 1. The van der Waals surface area contributed by atoms with Crippen molar-refractivity contribution in [3.8, 4) is 5.75 Å². The van der Waals surface area contributed by atoms with Crippen molar-refractivity contribution in [1.29, 1.82) is 0 Å². The van der Waals surface area contributed by atoms with E-state index in [1.807, 2.05) is 18.2 Å². The molecule has 1 unspecified atom stereocenters. The summed E-state index contributed by atoms with van der Waals surface area (Å²) in [6.45, 7) is 2.49. The van der Waals surface area contributed by atoms with Gasteiger partial charge in [-0.1, -0.05) is 23.7 Å². The van der Waals surface area contributed by atoms with Crippen LogP contribution >= 0.6 is 11.6 Å². The van der Waals surface area contributed by atoms with E-state index in [0.717, 1.165) is 37.3 Å². The molecule has 2 heterocycles. The van der Waals surface area contributed by atoms with Gasteiger partial charge in [-0.25, -0.2) is 4.98 Å². The topological polar surface area (TPSA) is 84.2 Å². The molecule has 122 valence electrons. The number of nitrogens with zero attached hydrogens (tertiary/aromatic N) is 2. The van der Waals surface area contributed by atoms with Crippen LogP contribution in [0.1, 0.15) is 23.6 Å². The Bertz CT molecular complexity index is 762. The van der Waals surface area contributed by atoms with Crippen molar-refractivity contribution < 1.29 is 4.74 Å². The normalized spacial score (nSPS) is 18.3. The van der Waals surface area contributed by atoms with Crippen LogP contribution in [0.2, 0.25) is 5.02 Å². The van der Waals surface area contributed by atoms with E-state index in [1.165, 1.54) is 6.07 Å². The van der Waals surface area contributed by atoms with Crippen molar-refractivity contribution in [3.05, 3.63) is 50.9 Å². The Morgan fingerprint density at radius 2 is 2.35 bits per heavy atom. The van der Waals surface area contributed by atoms with Gasteiger partial charge in [0.25, 0.3) is 5.56 Å². The van der Waals surface area contributed by atoms with E-state index in [1.54, 1.807) is 7.11 Å². The maximum atomic E-state index is 11.5. The van der Waals surface area contributed by atoms with Crippen molar-refractivity contribution in [3.63, 3.8) is 0 Å². The molecule has 3 rings (SSSR count). The van der Waals surface area contributed by atoms with Crippen LogP contribution in [0.3, 0.4) is 0 Å². The van der Waals surface area contributed by atoms with E-state index in [-0.39, 0.29) is 17.4 Å². The largest absolute Gasteiger partial charge is 0.495 e. The Morgan fingerprint density at radius 3 is 3.09 bits per heavy atom. The van der Waals surface area contributed by atoms with Crippen molar-refractivity contribution in [2.24, 2.45) is 0 Å². The average Bonchev–Trinajstić information content (AvgIpc) is 2.97. The van der Waals surface area contributed by atoms with Gasteiger partial charge in [0.1, 0.15) is 5.75 Å². The summed E-state index contributed by atoms with van der Waals surface area (Å²) in [6, 6.07) is 7.32. The second kappa shape index (κ2) is 6.60. The number of methoxy groups -OCH3 is 1. The zero-order valence-corrected chi connectivity index (χ0v) is 13.6. The van der Waals surface area contributed by atoms with E-state index in [9.17, 15) is 4.79 Å². The molecule has 1 saturated heterocycles. The predicted molar refractivity (Wildman–Crippen MR) is 89.9 cm³/mol. The van der Waals surface area contributed by atoms with E-state index < -0.39 is 0 Å². The highest BCUT2D eigenvalue weighted by Crippen LogP contribution is 2.31. The smallest absolute Gasteiger partial charge is 0.252 e. The predicted octanol–water partition coefficient (Wildman–Crippen LogP) is 2.00. The molecule has 3 N–H and O–H groups in total. The number of nitrogens with two attached hydrogens (primary N) is 1. The Hall–Kier alpha value is -2.05. The summed E-state index contributed by atoms with van der Waals surface area (Å²) in [7, 11) is 1.61. The molecule has 23 heavy (non-hydrogen) atoms. The fourth-order valence-electron chi connectivity index (χ4n) is 3.00. The molecule has 0 amide bonds. The van der Waals surface area contributed by atoms with Crippen LogP contribution in [0.15, 0.2) is 29.1 Å². The minimum absolute atomic E-state index is 0.168. The summed E-state index contributed by atoms with van der Waals surface area (Å²) in [4.78, 5) is 20.6. The molecule has 0 radical (unpaired) electrons. The summed E-state index contributed by atoms with van der Waals surface area (Å²) in [6.07, 6.45) is 0.942. The van der Waals surface area contributed by atoms with Crippen LogP contribution in [-0.2, 0) is 6.54 Å². The standard InChI is InChI=1S/C16H19ClN4O2/c1-23-13-4-2-3-11(15(13)17)9-21-6-5-10(8-21)12-7-14(22)20-16(18)19-12/h2-4,7,10H,5-6,8-9H2,1H3,(H3,18,19,20,22). The number of halogens is 1. The first kappa shape index (κ1) is 15.8. The monoisotopic (exact) mass is 334 g/mol. The zero-order chi connectivity index (χ0) is 16.4. The molecule has 0 bridgehead atoms. The van der Waals surface area contributed by atoms with E-state index >= 15 is 0 Å². The van der Waals surface area contributed by atoms with Gasteiger partial charge in [0, 0.05) is 25.1 Å². The van der Waals surface area contributed by atoms with E-state index in [2.05, 4.69) is 14.9 Å². The van der Waals surface area contributed by atoms with Crippen molar-refractivity contribution in [2.75, 3.05) is 25.9 Å². The third-order valence-electron chi connectivity index (χ3n) is 4.13. The molecule has 2 aromatic rings. The van der Waals surface area contributed by atoms with Crippen LogP contribution < -0.4 is 16.0 Å². The third-order valence-corrected chi connectivity index (χ3v) is 4.56. The lowest BCUT2D eigenvalue weighted by Crippen LogP contribution is -2.21. The molecular weight excluding hydrogens is 316 g/mol. The van der Waals surface area contributed by atoms with E-state index in [4.69, 9.17) is 22.1 Å². The Balaban J connectivity index is 1.72. The number of nitrogen functional groups attached to an aromatic ring is 1. The molecule has 0 spiro atoms. The number of anilines is 1. The second-order valence-electron chi connectivity index (χ2n) is 5.71. The number of benzene rings is 1. The average molecular weight is 335 g/mol. The summed E-state index contributed by atoms with van der Waals surface area (Å²) in [5, 5.41) is 0.650. The van der Waals surface area contributed by atoms with Gasteiger partial charge in [-0.15, -0.1) is 0 Å². The van der Waals surface area contributed by atoms with Crippen LogP contribution in [0.4, 0.5) is 5.95 Å². The molecule has 7 heteroatoms. The minimum Gasteiger partial charge on any atom is -0.495 e. The molecule has 1 aromatic carbocycles. The zero-order valence-electron chi connectivity index (χ0n) is 12.9. The van der Waals surface area contributed by atoms with Crippen LogP contribution in [0.5, 0.6) is 5.75 Å². The highest BCUT2D eigenvalue weighted by Gasteiger charge is 2.26. The second-order valence-corrected chi connectivity index (χ2v) is 6.09. The molecule has 0 aliphatic carbocycles. The van der Waals surface area contributed by atoms with Crippen molar-refractivity contribution >= 4 is 17.5 Å². The first-order valence-electron chi connectivity index (χ1n) is 7.47. The number of hydrogen-bond donors (Lipinski definition) is 2. The molecule has 6 nitrogen and oxygen atoms in total. The van der Waals surface area contributed by atoms with Gasteiger partial charge in [0.15, 0.2) is 0 Å². The van der Waals surface area contributed by atoms with Crippen molar-refractivity contribution in [2.45, 2.75) is 18.9 Å². The fraction of sp³-hybridized carbons (Fsp3) is 0.375. The number of rotatable bonds is 4. The van der Waals surface area contributed by atoms with Crippen LogP contribution in [-0.4, -0.2) is 35.1 Å². The maximum Gasteiger partial charge on any atom is 0.252 e. The minimum atomic E-state index is -0.207. The highest BCUT2D eigenvalue weighted by molar-refractivity contribution is 6.32. The summed E-state index contributed by atoms with van der Waals surface area (Å²) in [5.74, 6) is 1.06.